The number of aromatic nitrogens is 3. The van der Waals surface area contributed by atoms with E-state index >= 15 is 0 Å². The third kappa shape index (κ3) is 5.82. The maximum absolute atomic E-state index is 13.8. The second-order valence-corrected chi connectivity index (χ2v) is 9.80. The fraction of sp³-hybridized carbons (Fsp3) is 0.0882. The molecule has 0 aliphatic rings. The first-order valence-corrected chi connectivity index (χ1v) is 13.5. The maximum atomic E-state index is 13.8. The molecule has 214 valence electrons. The molecule has 9 nitrogen and oxygen atoms in total. The zero-order valence-electron chi connectivity index (χ0n) is 23.2. The Balaban J connectivity index is 1.34. The molecule has 0 amide bonds. The highest BCUT2D eigenvalue weighted by molar-refractivity contribution is 6.16. The fourth-order valence-electron chi connectivity index (χ4n) is 4.86. The van der Waals surface area contributed by atoms with Crippen molar-refractivity contribution < 1.29 is 19.0 Å². The van der Waals surface area contributed by atoms with Crippen LogP contribution in [0.25, 0.3) is 22.2 Å². The lowest BCUT2D eigenvalue weighted by molar-refractivity contribution is 0.103. The Kier molecular flexibility index (Phi) is 7.60. The van der Waals surface area contributed by atoms with E-state index in [4.69, 9.17) is 14.2 Å². The SMILES string of the molecule is COc1cc(-c2c(C(=O)c3ccc(OCc4ccccc4)cc3)[nH]c3[nH]c(=O)[nH]c(=O)c23)ccc1OCc1ccccc1. The van der Waals surface area contributed by atoms with Crippen molar-refractivity contribution >= 4 is 16.8 Å². The summed E-state index contributed by atoms with van der Waals surface area (Å²) in [5, 5.41) is 0.144. The monoisotopic (exact) mass is 573 g/mol. The standard InChI is InChI=1S/C34H27N3O6/c1-41-27-18-24(14-17-26(27)43-20-22-10-6-3-7-11-22)28-29-32(36-34(40)37-33(29)39)35-30(28)31(38)23-12-15-25(16-13-23)42-19-21-8-4-2-5-9-21/h2-18H,19-20H2,1H3,(H3,35,36,37,39,40). The number of fused-ring (bicyclic) bond motifs is 1. The molecular formula is C34H27N3O6. The summed E-state index contributed by atoms with van der Waals surface area (Å²) in [7, 11) is 1.52. The van der Waals surface area contributed by atoms with E-state index in [1.807, 2.05) is 60.7 Å². The lowest BCUT2D eigenvalue weighted by Crippen LogP contribution is -2.21. The molecule has 4 aromatic carbocycles. The van der Waals surface area contributed by atoms with Crippen molar-refractivity contribution in [1.29, 1.82) is 0 Å². The summed E-state index contributed by atoms with van der Waals surface area (Å²) < 4.78 is 17.5. The average Bonchev–Trinajstić information content (AvgIpc) is 3.43. The highest BCUT2D eigenvalue weighted by atomic mass is 16.5. The van der Waals surface area contributed by atoms with Crippen LogP contribution in [0.4, 0.5) is 0 Å². The second kappa shape index (κ2) is 12.0. The number of carbonyl (C=O) groups is 1. The summed E-state index contributed by atoms with van der Waals surface area (Å²) in [6.07, 6.45) is 0. The Hall–Kier alpha value is -5.83. The van der Waals surface area contributed by atoms with Gasteiger partial charge in [-0.05, 0) is 53.1 Å². The molecule has 0 atom stereocenters. The molecule has 0 aliphatic carbocycles. The molecule has 2 aromatic heterocycles. The number of H-pyrrole nitrogens is 3. The third-order valence-corrected chi connectivity index (χ3v) is 6.97. The maximum Gasteiger partial charge on any atom is 0.327 e. The molecule has 9 heteroatoms. The van der Waals surface area contributed by atoms with E-state index in [0.29, 0.717) is 47.2 Å². The summed E-state index contributed by atoms with van der Waals surface area (Å²) >= 11 is 0. The normalized spacial score (nSPS) is 10.9. The number of ketones is 1. The Morgan fingerprint density at radius 3 is 2.00 bits per heavy atom. The van der Waals surface area contributed by atoms with Crippen LogP contribution in [-0.4, -0.2) is 27.8 Å². The Morgan fingerprint density at radius 1 is 0.698 bits per heavy atom. The Bertz CT molecular complexity index is 2010. The van der Waals surface area contributed by atoms with Crippen molar-refractivity contribution in [3.05, 3.63) is 146 Å². The number of methoxy groups -OCH3 is 1. The number of hydrogen-bond donors (Lipinski definition) is 3. The van der Waals surface area contributed by atoms with Crippen molar-refractivity contribution in [2.75, 3.05) is 7.11 Å². The van der Waals surface area contributed by atoms with Gasteiger partial charge in [-0.2, -0.15) is 0 Å². The van der Waals surface area contributed by atoms with Crippen LogP contribution in [0.3, 0.4) is 0 Å². The second-order valence-electron chi connectivity index (χ2n) is 9.80. The minimum Gasteiger partial charge on any atom is -0.493 e. The number of carbonyl (C=O) groups excluding carboxylic acids is 1. The van der Waals surface area contributed by atoms with Gasteiger partial charge in [-0.1, -0.05) is 66.7 Å². The highest BCUT2D eigenvalue weighted by Gasteiger charge is 2.24. The topological polar surface area (TPSA) is 126 Å². The van der Waals surface area contributed by atoms with Crippen LogP contribution in [-0.2, 0) is 13.2 Å². The molecule has 0 unspecified atom stereocenters. The van der Waals surface area contributed by atoms with Crippen LogP contribution in [0.15, 0.2) is 113 Å². The van der Waals surface area contributed by atoms with Gasteiger partial charge in [0.2, 0.25) is 5.78 Å². The molecule has 0 spiro atoms. The molecule has 0 aliphatic heterocycles. The zero-order chi connectivity index (χ0) is 29.8. The molecule has 0 saturated heterocycles. The molecular weight excluding hydrogens is 546 g/mol. The lowest BCUT2D eigenvalue weighted by Gasteiger charge is -2.13. The smallest absolute Gasteiger partial charge is 0.327 e. The summed E-state index contributed by atoms with van der Waals surface area (Å²) in [5.74, 6) is 1.15. The van der Waals surface area contributed by atoms with E-state index in [-0.39, 0.29) is 22.5 Å². The molecule has 0 saturated carbocycles. The first kappa shape index (κ1) is 27.3. The van der Waals surface area contributed by atoms with E-state index in [0.717, 1.165) is 11.1 Å². The summed E-state index contributed by atoms with van der Waals surface area (Å²) in [4.78, 5) is 46.7. The van der Waals surface area contributed by atoms with Crippen molar-refractivity contribution in [1.82, 2.24) is 15.0 Å². The van der Waals surface area contributed by atoms with Gasteiger partial charge in [0.05, 0.1) is 18.2 Å². The molecule has 6 rings (SSSR count). The van der Waals surface area contributed by atoms with E-state index < -0.39 is 11.2 Å². The number of ether oxygens (including phenoxy) is 3. The Labute approximate surface area is 245 Å². The lowest BCUT2D eigenvalue weighted by atomic mass is 9.98. The van der Waals surface area contributed by atoms with Crippen molar-refractivity contribution in [3.8, 4) is 28.4 Å². The molecule has 6 aromatic rings. The molecule has 43 heavy (non-hydrogen) atoms. The number of hydrogen-bond acceptors (Lipinski definition) is 6. The van der Waals surface area contributed by atoms with Crippen molar-refractivity contribution in [3.63, 3.8) is 0 Å². The predicted octanol–water partition coefficient (Wildman–Crippen LogP) is 5.61. The third-order valence-electron chi connectivity index (χ3n) is 6.97. The summed E-state index contributed by atoms with van der Waals surface area (Å²) in [6.45, 7) is 0.725. The predicted molar refractivity (Wildman–Crippen MR) is 163 cm³/mol. The van der Waals surface area contributed by atoms with E-state index in [9.17, 15) is 14.4 Å². The van der Waals surface area contributed by atoms with Crippen LogP contribution in [0.5, 0.6) is 17.2 Å². The quantitative estimate of drug-likeness (QED) is 0.183. The van der Waals surface area contributed by atoms with Crippen LogP contribution >= 0.6 is 0 Å². The number of benzene rings is 4. The average molecular weight is 574 g/mol. The first-order valence-electron chi connectivity index (χ1n) is 13.5. The van der Waals surface area contributed by atoms with Gasteiger partial charge in [0.25, 0.3) is 5.56 Å². The fourth-order valence-corrected chi connectivity index (χ4v) is 4.86. The van der Waals surface area contributed by atoms with Gasteiger partial charge in [-0.3, -0.25) is 19.6 Å². The van der Waals surface area contributed by atoms with Gasteiger partial charge in [0.15, 0.2) is 11.5 Å². The molecule has 2 heterocycles. The first-order chi connectivity index (χ1) is 21.0. The van der Waals surface area contributed by atoms with E-state index in [2.05, 4.69) is 15.0 Å². The van der Waals surface area contributed by atoms with Gasteiger partial charge in [-0.25, -0.2) is 4.79 Å². The van der Waals surface area contributed by atoms with Crippen LogP contribution < -0.4 is 25.5 Å². The van der Waals surface area contributed by atoms with Crippen LogP contribution in [0.1, 0.15) is 27.2 Å². The summed E-state index contributed by atoms with van der Waals surface area (Å²) in [6, 6.07) is 31.4. The minimum absolute atomic E-state index is 0.137. The minimum atomic E-state index is -0.688. The molecule has 0 fully saturated rings. The van der Waals surface area contributed by atoms with Crippen LogP contribution in [0.2, 0.25) is 0 Å². The largest absolute Gasteiger partial charge is 0.493 e. The van der Waals surface area contributed by atoms with Gasteiger partial charge in [0.1, 0.15) is 24.6 Å². The summed E-state index contributed by atoms with van der Waals surface area (Å²) in [5.41, 5.74) is 2.20. The number of nitrogens with one attached hydrogen (secondary N) is 3. The number of aromatic amines is 3. The molecule has 0 radical (unpaired) electrons. The van der Waals surface area contributed by atoms with E-state index in [1.165, 1.54) is 7.11 Å². The zero-order valence-corrected chi connectivity index (χ0v) is 23.2. The Morgan fingerprint density at radius 2 is 1.35 bits per heavy atom. The molecule has 3 N–H and O–H groups in total. The van der Waals surface area contributed by atoms with Crippen molar-refractivity contribution in [2.45, 2.75) is 13.2 Å². The van der Waals surface area contributed by atoms with Gasteiger partial charge in [0, 0.05) is 11.1 Å². The van der Waals surface area contributed by atoms with E-state index in [1.54, 1.807) is 42.5 Å². The van der Waals surface area contributed by atoms with Crippen molar-refractivity contribution in [2.24, 2.45) is 0 Å². The van der Waals surface area contributed by atoms with Crippen LogP contribution in [0, 0.1) is 0 Å². The number of rotatable bonds is 10. The van der Waals surface area contributed by atoms with Gasteiger partial charge in [-0.15, -0.1) is 0 Å². The highest BCUT2D eigenvalue weighted by Crippen LogP contribution is 2.37. The van der Waals surface area contributed by atoms with Gasteiger partial charge >= 0.3 is 5.69 Å². The molecule has 0 bridgehead atoms. The van der Waals surface area contributed by atoms with Gasteiger partial charge < -0.3 is 19.2 Å².